The van der Waals surface area contributed by atoms with Gasteiger partial charge in [-0.3, -0.25) is 0 Å². The SMILES string of the molecule is CCCNCc1coc(CN(C)c2ccc(C)cc2C)c1. The van der Waals surface area contributed by atoms with Crippen LogP contribution in [0.4, 0.5) is 5.69 Å². The van der Waals surface area contributed by atoms with Crippen LogP contribution in [0, 0.1) is 13.8 Å². The zero-order chi connectivity index (χ0) is 15.2. The van der Waals surface area contributed by atoms with Gasteiger partial charge in [0.2, 0.25) is 0 Å². The first-order valence-corrected chi connectivity index (χ1v) is 7.65. The third-order valence-electron chi connectivity index (χ3n) is 3.62. The van der Waals surface area contributed by atoms with Gasteiger partial charge in [0, 0.05) is 24.8 Å². The summed E-state index contributed by atoms with van der Waals surface area (Å²) in [5, 5.41) is 3.39. The van der Waals surface area contributed by atoms with Gasteiger partial charge < -0.3 is 14.6 Å². The van der Waals surface area contributed by atoms with E-state index in [1.807, 2.05) is 6.26 Å². The van der Waals surface area contributed by atoms with Gasteiger partial charge in [-0.15, -0.1) is 0 Å². The van der Waals surface area contributed by atoms with Crippen LogP contribution in [-0.2, 0) is 13.1 Å². The maximum atomic E-state index is 5.67. The number of anilines is 1. The summed E-state index contributed by atoms with van der Waals surface area (Å²) in [5.41, 5.74) is 5.07. The predicted octanol–water partition coefficient (Wildman–Crippen LogP) is 4.03. The van der Waals surface area contributed by atoms with Crippen molar-refractivity contribution in [3.63, 3.8) is 0 Å². The fraction of sp³-hybridized carbons (Fsp3) is 0.444. The van der Waals surface area contributed by atoms with Crippen molar-refractivity contribution in [1.82, 2.24) is 5.32 Å². The first-order valence-electron chi connectivity index (χ1n) is 7.65. The van der Waals surface area contributed by atoms with Crippen LogP contribution in [0.2, 0.25) is 0 Å². The Morgan fingerprint density at radius 3 is 2.71 bits per heavy atom. The van der Waals surface area contributed by atoms with Gasteiger partial charge in [0.1, 0.15) is 5.76 Å². The lowest BCUT2D eigenvalue weighted by Gasteiger charge is -2.20. The molecule has 1 aromatic carbocycles. The highest BCUT2D eigenvalue weighted by molar-refractivity contribution is 5.53. The topological polar surface area (TPSA) is 28.4 Å². The second-order valence-corrected chi connectivity index (χ2v) is 5.74. The van der Waals surface area contributed by atoms with Crippen LogP contribution < -0.4 is 10.2 Å². The molecule has 3 heteroatoms. The second kappa shape index (κ2) is 7.32. The Kier molecular flexibility index (Phi) is 5.45. The molecule has 0 atom stereocenters. The molecule has 0 radical (unpaired) electrons. The zero-order valence-electron chi connectivity index (χ0n) is 13.6. The summed E-state index contributed by atoms with van der Waals surface area (Å²) in [7, 11) is 2.11. The van der Waals surface area contributed by atoms with Gasteiger partial charge in [-0.1, -0.05) is 24.6 Å². The number of hydrogen-bond donors (Lipinski definition) is 1. The molecule has 0 bridgehead atoms. The Bertz CT molecular complexity index is 574. The van der Waals surface area contributed by atoms with Crippen molar-refractivity contribution >= 4 is 5.69 Å². The first kappa shape index (κ1) is 15.6. The van der Waals surface area contributed by atoms with E-state index < -0.39 is 0 Å². The van der Waals surface area contributed by atoms with E-state index in [0.717, 1.165) is 31.8 Å². The van der Waals surface area contributed by atoms with E-state index in [2.05, 4.69) is 62.3 Å². The maximum absolute atomic E-state index is 5.67. The van der Waals surface area contributed by atoms with Gasteiger partial charge in [0.05, 0.1) is 12.8 Å². The monoisotopic (exact) mass is 286 g/mol. The molecule has 2 aromatic rings. The fourth-order valence-electron chi connectivity index (χ4n) is 2.56. The quantitative estimate of drug-likeness (QED) is 0.779. The third-order valence-corrected chi connectivity index (χ3v) is 3.62. The Hall–Kier alpha value is -1.74. The van der Waals surface area contributed by atoms with E-state index in [-0.39, 0.29) is 0 Å². The Morgan fingerprint density at radius 1 is 1.19 bits per heavy atom. The van der Waals surface area contributed by atoms with Crippen molar-refractivity contribution in [2.45, 2.75) is 40.3 Å². The lowest BCUT2D eigenvalue weighted by molar-refractivity contribution is 0.504. The molecule has 0 saturated carbocycles. The molecule has 1 aromatic heterocycles. The lowest BCUT2D eigenvalue weighted by Crippen LogP contribution is -2.17. The van der Waals surface area contributed by atoms with Crippen LogP contribution in [0.3, 0.4) is 0 Å². The standard InChI is InChI=1S/C18H26N2O/c1-5-8-19-11-16-10-17(21-13-16)12-20(4)18-7-6-14(2)9-15(18)3/h6-7,9-10,13,19H,5,8,11-12H2,1-4H3. The molecule has 1 N–H and O–H groups in total. The number of hydrogen-bond acceptors (Lipinski definition) is 3. The summed E-state index contributed by atoms with van der Waals surface area (Å²) in [6.45, 7) is 9.16. The van der Waals surface area contributed by atoms with Crippen molar-refractivity contribution in [2.24, 2.45) is 0 Å². The maximum Gasteiger partial charge on any atom is 0.123 e. The fourth-order valence-corrected chi connectivity index (χ4v) is 2.56. The number of furan rings is 1. The number of nitrogens with one attached hydrogen (secondary N) is 1. The zero-order valence-corrected chi connectivity index (χ0v) is 13.6. The highest BCUT2D eigenvalue weighted by Gasteiger charge is 2.08. The molecular formula is C18H26N2O. The highest BCUT2D eigenvalue weighted by atomic mass is 16.3. The summed E-state index contributed by atoms with van der Waals surface area (Å²) in [4.78, 5) is 2.23. The molecular weight excluding hydrogens is 260 g/mol. The van der Waals surface area contributed by atoms with E-state index in [1.54, 1.807) is 0 Å². The van der Waals surface area contributed by atoms with Crippen LogP contribution in [0.1, 0.15) is 35.8 Å². The first-order chi connectivity index (χ1) is 10.1. The van der Waals surface area contributed by atoms with Gasteiger partial charge in [0.25, 0.3) is 0 Å². The molecule has 0 unspecified atom stereocenters. The predicted molar refractivity (Wildman–Crippen MR) is 88.7 cm³/mol. The number of nitrogens with zero attached hydrogens (tertiary/aromatic N) is 1. The van der Waals surface area contributed by atoms with E-state index in [1.165, 1.54) is 22.4 Å². The molecule has 0 aliphatic rings. The van der Waals surface area contributed by atoms with Crippen molar-refractivity contribution in [1.29, 1.82) is 0 Å². The van der Waals surface area contributed by atoms with E-state index in [0.29, 0.717) is 0 Å². The molecule has 1 heterocycles. The average molecular weight is 286 g/mol. The minimum Gasteiger partial charge on any atom is -0.467 e. The minimum absolute atomic E-state index is 0.789. The van der Waals surface area contributed by atoms with Gasteiger partial charge in [0.15, 0.2) is 0 Å². The van der Waals surface area contributed by atoms with Crippen LogP contribution >= 0.6 is 0 Å². The third kappa shape index (κ3) is 4.36. The molecule has 0 fully saturated rings. The van der Waals surface area contributed by atoms with E-state index in [9.17, 15) is 0 Å². The van der Waals surface area contributed by atoms with E-state index in [4.69, 9.17) is 4.42 Å². The molecule has 0 spiro atoms. The number of aryl methyl sites for hydroxylation is 2. The molecule has 0 aliphatic carbocycles. The minimum atomic E-state index is 0.789. The van der Waals surface area contributed by atoms with Crippen molar-refractivity contribution in [3.05, 3.63) is 53.0 Å². The molecule has 0 saturated heterocycles. The average Bonchev–Trinajstić information content (AvgIpc) is 2.86. The van der Waals surface area contributed by atoms with Crippen LogP contribution in [-0.4, -0.2) is 13.6 Å². The van der Waals surface area contributed by atoms with Crippen LogP contribution in [0.15, 0.2) is 34.9 Å². The van der Waals surface area contributed by atoms with Crippen LogP contribution in [0.25, 0.3) is 0 Å². The van der Waals surface area contributed by atoms with Crippen LogP contribution in [0.5, 0.6) is 0 Å². The smallest absolute Gasteiger partial charge is 0.123 e. The summed E-state index contributed by atoms with van der Waals surface area (Å²) >= 11 is 0. The Morgan fingerprint density at radius 2 is 2.00 bits per heavy atom. The Balaban J connectivity index is 1.97. The number of rotatable bonds is 7. The molecule has 2 rings (SSSR count). The molecule has 0 amide bonds. The Labute approximate surface area is 128 Å². The summed E-state index contributed by atoms with van der Waals surface area (Å²) < 4.78 is 5.67. The lowest BCUT2D eigenvalue weighted by atomic mass is 10.1. The van der Waals surface area contributed by atoms with Crippen molar-refractivity contribution < 1.29 is 4.42 Å². The highest BCUT2D eigenvalue weighted by Crippen LogP contribution is 2.22. The summed E-state index contributed by atoms with van der Waals surface area (Å²) in [6.07, 6.45) is 3.01. The number of benzene rings is 1. The summed E-state index contributed by atoms with van der Waals surface area (Å²) in [6, 6.07) is 8.69. The van der Waals surface area contributed by atoms with Crippen molar-refractivity contribution in [2.75, 3.05) is 18.5 Å². The van der Waals surface area contributed by atoms with Gasteiger partial charge in [-0.25, -0.2) is 0 Å². The van der Waals surface area contributed by atoms with Gasteiger partial charge in [-0.2, -0.15) is 0 Å². The molecule has 3 nitrogen and oxygen atoms in total. The largest absolute Gasteiger partial charge is 0.467 e. The second-order valence-electron chi connectivity index (χ2n) is 5.74. The van der Waals surface area contributed by atoms with E-state index >= 15 is 0 Å². The molecule has 21 heavy (non-hydrogen) atoms. The molecule has 114 valence electrons. The normalized spacial score (nSPS) is 10.9. The van der Waals surface area contributed by atoms with Gasteiger partial charge >= 0.3 is 0 Å². The van der Waals surface area contributed by atoms with Crippen molar-refractivity contribution in [3.8, 4) is 0 Å². The van der Waals surface area contributed by atoms with Gasteiger partial charge in [-0.05, 0) is 44.5 Å². The molecule has 0 aliphatic heterocycles. The summed E-state index contributed by atoms with van der Waals surface area (Å²) in [5.74, 6) is 1.01.